The number of ether oxygens (including phenoxy) is 1. The molecule has 3 spiro atoms. The van der Waals surface area contributed by atoms with Crippen LogP contribution < -0.4 is 18.8 Å². The van der Waals surface area contributed by atoms with Gasteiger partial charge in [0, 0.05) is 45.4 Å². The van der Waals surface area contributed by atoms with E-state index < -0.39 is 10.8 Å². The molecule has 12 aromatic rings. The lowest BCUT2D eigenvalue weighted by molar-refractivity contribution is -1.02. The smallest absolute Gasteiger partial charge is 0.350 e. The van der Waals surface area contributed by atoms with E-state index in [9.17, 15) is 0 Å². The van der Waals surface area contributed by atoms with Crippen LogP contribution in [0, 0.1) is 0 Å². The molecule has 0 fully saturated rings. The molecule has 0 radical (unpaired) electrons. The molecule has 19 rings (SSSR count). The van der Waals surface area contributed by atoms with E-state index in [2.05, 4.69) is 201 Å². The lowest BCUT2D eigenvalue weighted by atomic mass is 9.65. The van der Waals surface area contributed by atoms with Gasteiger partial charge < -0.3 is 4.74 Å². The number of hydrogen-bond acceptors (Lipinski definition) is 3. The molecule has 300 valence electrons. The van der Waals surface area contributed by atoms with Crippen molar-refractivity contribution in [2.45, 2.75) is 10.8 Å². The summed E-state index contributed by atoms with van der Waals surface area (Å²) in [7, 11) is 0. The van der Waals surface area contributed by atoms with Gasteiger partial charge >= 0.3 is 22.7 Å². The number of hydrogen-bond donors (Lipinski definition) is 0. The maximum absolute atomic E-state index is 7.31. The van der Waals surface area contributed by atoms with Crippen molar-refractivity contribution in [3.05, 3.63) is 227 Å². The number of benzene rings is 6. The minimum absolute atomic E-state index is 0.141. The molecule has 66 heavy (non-hydrogen) atoms. The van der Waals surface area contributed by atoms with Crippen molar-refractivity contribution < 1.29 is 14.1 Å². The predicted molar refractivity (Wildman–Crippen MR) is 252 cm³/mol. The van der Waals surface area contributed by atoms with Gasteiger partial charge in [-0.2, -0.15) is 9.13 Å². The Morgan fingerprint density at radius 1 is 0.394 bits per heavy atom. The number of rotatable bonds is 0. The molecule has 6 aromatic carbocycles. The fourth-order valence-electron chi connectivity index (χ4n) is 14.9. The normalized spacial score (nSPS) is 16.7. The third-order valence-electron chi connectivity index (χ3n) is 16.8. The van der Waals surface area contributed by atoms with Gasteiger partial charge in [0.15, 0.2) is 12.4 Å². The highest BCUT2D eigenvalue weighted by Gasteiger charge is 2.72. The summed E-state index contributed by atoms with van der Waals surface area (Å²) in [6, 6.07) is 59.1. The van der Waals surface area contributed by atoms with Gasteiger partial charge in [-0.3, -0.25) is 0 Å². The van der Waals surface area contributed by atoms with Crippen molar-refractivity contribution in [1.82, 2.24) is 23.8 Å². The number of quaternary nitrogens is 1. The largest absolute Gasteiger partial charge is 0.409 e. The quantitative estimate of drug-likeness (QED) is 0.113. The van der Waals surface area contributed by atoms with E-state index >= 15 is 0 Å². The van der Waals surface area contributed by atoms with E-state index in [1.54, 1.807) is 0 Å². The standard InChI is InChI=1S/C58H30N7O/c1-5-21-39-31(13-1)32-14-2-6-22-40(32)57(39)43-25-9-17-35-37-19-11-27-61-55(37)63(47(35)43)49-45(57)29-59-53-51(49)65(61)52-50-46(30-60-54(52)66-53)58(41-23-7-3-15-33(41)34-16-4-8-24-42(34)58)44-26-10-18-36-38-20-12-28-62(65)56(38)64(50)48(36)44/h1-30H/q+3. The Kier molecular flexibility index (Phi) is 4.77. The number of pyridine rings is 4. The Morgan fingerprint density at radius 3 is 1.20 bits per heavy atom. The van der Waals surface area contributed by atoms with Crippen molar-refractivity contribution in [3.8, 4) is 45.4 Å². The van der Waals surface area contributed by atoms with Crippen LogP contribution in [0.3, 0.4) is 0 Å². The summed E-state index contributed by atoms with van der Waals surface area (Å²) >= 11 is 0. The second-order valence-electron chi connectivity index (χ2n) is 19.0. The highest BCUT2D eigenvalue weighted by molar-refractivity contribution is 6.15. The molecule has 0 amide bonds. The van der Waals surface area contributed by atoms with Crippen LogP contribution in [-0.4, -0.2) is 19.1 Å². The van der Waals surface area contributed by atoms with Gasteiger partial charge in [-0.25, -0.2) is 9.97 Å². The van der Waals surface area contributed by atoms with Gasteiger partial charge in [-0.1, -0.05) is 121 Å². The van der Waals surface area contributed by atoms with Crippen molar-refractivity contribution in [2.75, 3.05) is 0 Å². The van der Waals surface area contributed by atoms with Crippen LogP contribution in [-0.2, 0) is 10.8 Å². The second kappa shape index (κ2) is 9.83. The second-order valence-corrected chi connectivity index (χ2v) is 19.0. The molecule has 8 heteroatoms. The molecule has 2 aliphatic carbocycles. The zero-order chi connectivity index (χ0) is 42.2. The van der Waals surface area contributed by atoms with E-state index in [4.69, 9.17) is 14.7 Å². The first-order valence-corrected chi connectivity index (χ1v) is 22.8. The Hall–Kier alpha value is -8.72. The first-order chi connectivity index (χ1) is 32.8. The number of nitrogens with zero attached hydrogens (tertiary/aromatic N) is 7. The molecule has 0 bridgehead atoms. The highest BCUT2D eigenvalue weighted by atomic mass is 16.5. The topological polar surface area (TPSA) is 52.6 Å². The fraction of sp³-hybridized carbons (Fsp3) is 0.0345. The third-order valence-corrected chi connectivity index (χ3v) is 16.8. The summed E-state index contributed by atoms with van der Waals surface area (Å²) in [6.45, 7) is 0. The van der Waals surface area contributed by atoms with E-state index in [1.165, 1.54) is 88.2 Å². The Balaban J connectivity index is 1.09. The van der Waals surface area contributed by atoms with E-state index in [1.807, 2.05) is 0 Å². The van der Waals surface area contributed by atoms with Crippen molar-refractivity contribution in [2.24, 2.45) is 0 Å². The summed E-state index contributed by atoms with van der Waals surface area (Å²) in [4.78, 5) is 11.0. The molecule has 0 saturated carbocycles. The zero-order valence-electron chi connectivity index (χ0n) is 34.9. The van der Waals surface area contributed by atoms with Crippen LogP contribution in [0.2, 0.25) is 0 Å². The summed E-state index contributed by atoms with van der Waals surface area (Å²) in [6.07, 6.45) is 8.80. The molecular weight excluding hydrogens is 811 g/mol. The molecule has 11 heterocycles. The van der Waals surface area contributed by atoms with Crippen LogP contribution in [0.4, 0.5) is 11.4 Å². The fourth-order valence-corrected chi connectivity index (χ4v) is 14.9. The molecule has 6 aromatic heterocycles. The summed E-state index contributed by atoms with van der Waals surface area (Å²) < 4.78 is 17.5. The monoisotopic (exact) mass is 840 g/mol. The van der Waals surface area contributed by atoms with E-state index in [0.717, 1.165) is 45.2 Å². The van der Waals surface area contributed by atoms with Gasteiger partial charge in [0.05, 0.1) is 26.3 Å². The van der Waals surface area contributed by atoms with E-state index in [-0.39, 0.29) is 4.70 Å². The molecule has 0 N–H and O–H groups in total. The summed E-state index contributed by atoms with van der Waals surface area (Å²) in [5, 5.41) is 4.82. The Bertz CT molecular complexity index is 4100. The van der Waals surface area contributed by atoms with Crippen LogP contribution in [0.1, 0.15) is 44.5 Å². The maximum Gasteiger partial charge on any atom is 0.350 e. The SMILES string of the molecule is c1ccc2c(c1)-c1ccccc1C21c2cnc3c4c2-n2c5c1cccc5c1ccc[n+](c12)[N+]41c2c(ncc4c2-n2c5c(cccc5c5ccc[n+]1c52)C41c2ccccc2-c2ccccc21)O3. The van der Waals surface area contributed by atoms with Crippen LogP contribution in [0.15, 0.2) is 183 Å². The number of para-hydroxylation sites is 2. The lowest BCUT2D eigenvalue weighted by Gasteiger charge is -2.43. The van der Waals surface area contributed by atoms with Gasteiger partial charge in [-0.05, 0) is 90.3 Å². The van der Waals surface area contributed by atoms with Crippen LogP contribution in [0.5, 0.6) is 11.8 Å². The number of aromatic nitrogens is 6. The molecule has 0 atom stereocenters. The van der Waals surface area contributed by atoms with Crippen LogP contribution in [0.25, 0.3) is 77.5 Å². The van der Waals surface area contributed by atoms with Crippen molar-refractivity contribution in [1.29, 1.82) is 0 Å². The highest BCUT2D eigenvalue weighted by Crippen LogP contribution is 2.68. The first kappa shape index (κ1) is 32.0. The molecular formula is C58H30N7O+3. The summed E-state index contributed by atoms with van der Waals surface area (Å²) in [5.74, 6) is 1.10. The van der Waals surface area contributed by atoms with Gasteiger partial charge in [-0.15, -0.1) is 0 Å². The Morgan fingerprint density at radius 2 is 0.773 bits per heavy atom. The van der Waals surface area contributed by atoms with Crippen molar-refractivity contribution >= 4 is 55.2 Å². The third kappa shape index (κ3) is 2.80. The Labute approximate surface area is 374 Å². The maximum atomic E-state index is 7.31. The molecule has 0 saturated heterocycles. The van der Waals surface area contributed by atoms with Gasteiger partial charge in [0.2, 0.25) is 11.4 Å². The minimum atomic E-state index is -0.660. The average molecular weight is 841 g/mol. The van der Waals surface area contributed by atoms with Gasteiger partial charge in [0.1, 0.15) is 11.0 Å². The summed E-state index contributed by atoms with van der Waals surface area (Å²) in [5.41, 5.74) is 22.4. The van der Waals surface area contributed by atoms with Crippen LogP contribution >= 0.6 is 0 Å². The average Bonchev–Trinajstić information content (AvgIpc) is 4.09. The molecule has 8 nitrogen and oxygen atoms in total. The minimum Gasteiger partial charge on any atom is -0.409 e. The van der Waals surface area contributed by atoms with E-state index in [0.29, 0.717) is 11.8 Å². The molecule has 0 unspecified atom stereocenters. The number of fused-ring (bicyclic) bond motifs is 16. The zero-order valence-corrected chi connectivity index (χ0v) is 34.9. The van der Waals surface area contributed by atoms with Crippen molar-refractivity contribution in [3.63, 3.8) is 0 Å². The predicted octanol–water partition coefficient (Wildman–Crippen LogP) is 10.9. The van der Waals surface area contributed by atoms with Gasteiger partial charge in [0.25, 0.3) is 11.8 Å². The first-order valence-electron chi connectivity index (χ1n) is 22.8. The molecule has 5 aliphatic heterocycles. The molecule has 7 aliphatic rings. The lowest BCUT2D eigenvalue weighted by Crippen LogP contribution is -2.86.